The number of carbonyl (C=O) groups is 1. The zero-order chi connectivity index (χ0) is 16.0. The number of carbonyl (C=O) groups excluding carboxylic acids is 1. The van der Waals surface area contributed by atoms with Crippen LogP contribution in [0.3, 0.4) is 0 Å². The monoisotopic (exact) mass is 312 g/mol. The van der Waals surface area contributed by atoms with Gasteiger partial charge in [-0.2, -0.15) is 0 Å². The Morgan fingerprint density at radius 3 is 3.00 bits per heavy atom. The van der Waals surface area contributed by atoms with Gasteiger partial charge in [-0.1, -0.05) is 18.9 Å². The minimum absolute atomic E-state index is 0.0979. The summed E-state index contributed by atoms with van der Waals surface area (Å²) in [5.41, 5.74) is 1.31. The lowest BCUT2D eigenvalue weighted by molar-refractivity contribution is -0.0886. The van der Waals surface area contributed by atoms with E-state index in [1.165, 1.54) is 6.42 Å². The van der Waals surface area contributed by atoms with Gasteiger partial charge in [-0.05, 0) is 42.8 Å². The van der Waals surface area contributed by atoms with Crippen molar-refractivity contribution in [3.8, 4) is 0 Å². The van der Waals surface area contributed by atoms with Crippen molar-refractivity contribution in [3.05, 3.63) is 36.0 Å². The van der Waals surface area contributed by atoms with Crippen LogP contribution in [0.25, 0.3) is 10.9 Å². The highest BCUT2D eigenvalue weighted by molar-refractivity contribution is 5.98. The van der Waals surface area contributed by atoms with Gasteiger partial charge < -0.3 is 14.6 Å². The Balaban J connectivity index is 1.57. The predicted molar refractivity (Wildman–Crippen MR) is 90.3 cm³/mol. The second-order valence-corrected chi connectivity index (χ2v) is 7.25. The fourth-order valence-electron chi connectivity index (χ4n) is 4.33. The highest BCUT2D eigenvalue weighted by Crippen LogP contribution is 2.40. The molecular formula is C19H24N2O2. The number of likely N-dealkylation sites (tertiary alicyclic amines) is 1. The number of rotatable bonds is 1. The van der Waals surface area contributed by atoms with Crippen molar-refractivity contribution in [2.75, 3.05) is 13.1 Å². The van der Waals surface area contributed by atoms with Gasteiger partial charge in [0.1, 0.15) is 0 Å². The molecule has 1 aliphatic heterocycles. The number of fused-ring (bicyclic) bond motifs is 2. The van der Waals surface area contributed by atoms with Gasteiger partial charge in [-0.25, -0.2) is 0 Å². The number of aliphatic hydroxyl groups is 1. The molecule has 4 heteroatoms. The van der Waals surface area contributed by atoms with Gasteiger partial charge in [0.25, 0.3) is 5.91 Å². The summed E-state index contributed by atoms with van der Waals surface area (Å²) < 4.78 is 2.04. The highest BCUT2D eigenvalue weighted by atomic mass is 16.3. The van der Waals surface area contributed by atoms with Crippen molar-refractivity contribution in [1.82, 2.24) is 9.47 Å². The number of hydrogen-bond donors (Lipinski definition) is 1. The van der Waals surface area contributed by atoms with Crippen LogP contribution in [0.15, 0.2) is 30.5 Å². The SMILES string of the molecule is Cn1ccc2ccc(C(=O)N3CC[C@]4(O)CCCC[C@H]4C3)cc21. The Bertz CT molecular complexity index is 751. The van der Waals surface area contributed by atoms with E-state index in [-0.39, 0.29) is 11.8 Å². The molecule has 2 heterocycles. The van der Waals surface area contributed by atoms with Crippen LogP contribution in [0.4, 0.5) is 0 Å². The fraction of sp³-hybridized carbons (Fsp3) is 0.526. The molecule has 2 atom stereocenters. The lowest BCUT2D eigenvalue weighted by Gasteiger charge is -2.47. The van der Waals surface area contributed by atoms with E-state index in [0.717, 1.165) is 42.1 Å². The van der Waals surface area contributed by atoms with E-state index in [2.05, 4.69) is 6.07 Å². The van der Waals surface area contributed by atoms with Crippen molar-refractivity contribution in [3.63, 3.8) is 0 Å². The van der Waals surface area contributed by atoms with E-state index in [1.54, 1.807) is 0 Å². The van der Waals surface area contributed by atoms with Crippen LogP contribution in [0, 0.1) is 5.92 Å². The maximum atomic E-state index is 12.9. The number of piperidine rings is 1. The van der Waals surface area contributed by atoms with Crippen LogP contribution in [0.5, 0.6) is 0 Å². The summed E-state index contributed by atoms with van der Waals surface area (Å²) in [6.45, 7) is 1.36. The van der Waals surface area contributed by atoms with Crippen LogP contribution < -0.4 is 0 Å². The Morgan fingerprint density at radius 2 is 2.13 bits per heavy atom. The van der Waals surface area contributed by atoms with Gasteiger partial charge in [-0.15, -0.1) is 0 Å². The molecule has 0 unspecified atom stereocenters. The summed E-state index contributed by atoms with van der Waals surface area (Å²) in [6, 6.07) is 7.99. The molecule has 1 aromatic heterocycles. The van der Waals surface area contributed by atoms with E-state index < -0.39 is 5.60 Å². The average molecular weight is 312 g/mol. The van der Waals surface area contributed by atoms with E-state index in [0.29, 0.717) is 13.1 Å². The van der Waals surface area contributed by atoms with E-state index in [9.17, 15) is 9.90 Å². The molecule has 1 aliphatic carbocycles. The van der Waals surface area contributed by atoms with E-state index in [1.807, 2.05) is 40.9 Å². The maximum absolute atomic E-state index is 12.9. The molecule has 0 spiro atoms. The second kappa shape index (κ2) is 5.38. The van der Waals surface area contributed by atoms with Crippen molar-refractivity contribution in [2.45, 2.75) is 37.7 Å². The third kappa shape index (κ3) is 2.45. The third-order valence-electron chi connectivity index (χ3n) is 5.85. The van der Waals surface area contributed by atoms with Crippen LogP contribution in [-0.4, -0.2) is 39.2 Å². The lowest BCUT2D eigenvalue weighted by atomic mass is 9.71. The van der Waals surface area contributed by atoms with Crippen molar-refractivity contribution < 1.29 is 9.90 Å². The summed E-state index contributed by atoms with van der Waals surface area (Å²) in [5.74, 6) is 0.341. The quantitative estimate of drug-likeness (QED) is 0.880. The molecule has 1 amide bonds. The van der Waals surface area contributed by atoms with Crippen LogP contribution in [-0.2, 0) is 7.05 Å². The Labute approximate surface area is 136 Å². The van der Waals surface area contributed by atoms with Crippen molar-refractivity contribution in [2.24, 2.45) is 13.0 Å². The van der Waals surface area contributed by atoms with Crippen LogP contribution in [0.1, 0.15) is 42.5 Å². The number of amides is 1. The summed E-state index contributed by atoms with van der Waals surface area (Å²) >= 11 is 0. The average Bonchev–Trinajstić information content (AvgIpc) is 2.94. The topological polar surface area (TPSA) is 45.5 Å². The molecule has 4 nitrogen and oxygen atoms in total. The first-order chi connectivity index (χ1) is 11.1. The minimum atomic E-state index is -0.531. The number of hydrogen-bond acceptors (Lipinski definition) is 2. The second-order valence-electron chi connectivity index (χ2n) is 7.25. The molecule has 0 radical (unpaired) electrons. The molecule has 1 aromatic carbocycles. The molecule has 0 bridgehead atoms. The Morgan fingerprint density at radius 1 is 1.26 bits per heavy atom. The standard InChI is InChI=1S/C19H24N2O2/c1-20-10-7-14-5-6-15(12-17(14)20)18(22)21-11-9-19(23)8-3-2-4-16(19)13-21/h5-7,10,12,16,23H,2-4,8-9,11,13H2,1H3/t16-,19+/m0/s1. The number of nitrogens with zero attached hydrogens (tertiary/aromatic N) is 2. The van der Waals surface area contributed by atoms with Crippen molar-refractivity contribution in [1.29, 1.82) is 0 Å². The fourth-order valence-corrected chi connectivity index (χ4v) is 4.33. The van der Waals surface area contributed by atoms with E-state index in [4.69, 9.17) is 0 Å². The van der Waals surface area contributed by atoms with Gasteiger partial charge in [0.15, 0.2) is 0 Å². The summed E-state index contributed by atoms with van der Waals surface area (Å²) in [5, 5.41) is 11.9. The molecule has 122 valence electrons. The molecule has 1 N–H and O–H groups in total. The van der Waals surface area contributed by atoms with Gasteiger partial charge in [0, 0.05) is 43.3 Å². The summed E-state index contributed by atoms with van der Waals surface area (Å²) in [6.07, 6.45) is 6.96. The summed E-state index contributed by atoms with van der Waals surface area (Å²) in [4.78, 5) is 14.8. The van der Waals surface area contributed by atoms with Crippen molar-refractivity contribution >= 4 is 16.8 Å². The first kappa shape index (κ1) is 14.8. The molecule has 1 saturated carbocycles. The number of aromatic nitrogens is 1. The molecule has 2 aliphatic rings. The Hall–Kier alpha value is -1.81. The first-order valence-electron chi connectivity index (χ1n) is 8.64. The smallest absolute Gasteiger partial charge is 0.253 e. The molecule has 2 aromatic rings. The third-order valence-corrected chi connectivity index (χ3v) is 5.85. The summed E-state index contributed by atoms with van der Waals surface area (Å²) in [7, 11) is 2.00. The molecule has 1 saturated heterocycles. The first-order valence-corrected chi connectivity index (χ1v) is 8.64. The van der Waals surface area contributed by atoms with Gasteiger partial charge >= 0.3 is 0 Å². The minimum Gasteiger partial charge on any atom is -0.389 e. The zero-order valence-electron chi connectivity index (χ0n) is 13.7. The maximum Gasteiger partial charge on any atom is 0.253 e. The largest absolute Gasteiger partial charge is 0.389 e. The molecule has 2 fully saturated rings. The van der Waals surface area contributed by atoms with Gasteiger partial charge in [0.2, 0.25) is 0 Å². The highest BCUT2D eigenvalue weighted by Gasteiger charge is 2.43. The molecule has 4 rings (SSSR count). The molecule has 23 heavy (non-hydrogen) atoms. The lowest BCUT2D eigenvalue weighted by Crippen LogP contribution is -2.54. The predicted octanol–water partition coefficient (Wildman–Crippen LogP) is 2.95. The number of benzene rings is 1. The number of aryl methyl sites for hydroxylation is 1. The van der Waals surface area contributed by atoms with Gasteiger partial charge in [0.05, 0.1) is 5.60 Å². The Kier molecular flexibility index (Phi) is 3.45. The zero-order valence-corrected chi connectivity index (χ0v) is 13.7. The van der Waals surface area contributed by atoms with Crippen LogP contribution >= 0.6 is 0 Å². The van der Waals surface area contributed by atoms with Crippen LogP contribution in [0.2, 0.25) is 0 Å². The van der Waals surface area contributed by atoms with E-state index >= 15 is 0 Å². The normalized spacial score (nSPS) is 27.9. The van der Waals surface area contributed by atoms with Gasteiger partial charge in [-0.3, -0.25) is 4.79 Å². The molecular weight excluding hydrogens is 288 g/mol.